The van der Waals surface area contributed by atoms with E-state index >= 15 is 0 Å². The molecule has 0 N–H and O–H groups in total. The van der Waals surface area contributed by atoms with Crippen molar-refractivity contribution in [3.05, 3.63) is 88.4 Å². The lowest BCUT2D eigenvalue weighted by Gasteiger charge is -2.29. The molecule has 8 heteroatoms. The van der Waals surface area contributed by atoms with E-state index in [0.717, 1.165) is 16.2 Å². The molecule has 2 saturated heterocycles. The summed E-state index contributed by atoms with van der Waals surface area (Å²) in [5, 5.41) is 2.25. The standard InChI is InChI=1S/C24H18Cl2N2O4/c1-31-17-9-5-6-14(12-17)21-20-22(32-28(21)15-7-3-2-4-8-15)24(30)27(23(20)29)16-10-11-18(25)19(26)13-16/h2-13,20-22H,1H3/t20-,21-,22-/m0/s1. The number of amides is 2. The fraction of sp³-hybridized carbons (Fsp3) is 0.167. The third-order valence-electron chi connectivity index (χ3n) is 5.72. The molecule has 2 amide bonds. The SMILES string of the molecule is COc1cccc([C@H]2[C@@H]3C(=O)N(c4ccc(Cl)c(Cl)c4)C(=O)[C@H]3ON2c2ccccc2)c1. The zero-order chi connectivity index (χ0) is 22.4. The van der Waals surface area contributed by atoms with E-state index in [2.05, 4.69) is 0 Å². The second kappa shape index (κ2) is 8.13. The number of hydroxylamine groups is 1. The van der Waals surface area contributed by atoms with Crippen molar-refractivity contribution in [2.45, 2.75) is 12.1 Å². The monoisotopic (exact) mass is 468 g/mol. The van der Waals surface area contributed by atoms with Gasteiger partial charge >= 0.3 is 0 Å². The molecule has 3 atom stereocenters. The van der Waals surface area contributed by atoms with Crippen LogP contribution in [0.3, 0.4) is 0 Å². The van der Waals surface area contributed by atoms with E-state index < -0.39 is 24.0 Å². The molecule has 0 bridgehead atoms. The Bertz CT molecular complexity index is 1200. The second-order valence-corrected chi connectivity index (χ2v) is 8.36. The number of rotatable bonds is 4. The maximum atomic E-state index is 13.6. The zero-order valence-corrected chi connectivity index (χ0v) is 18.5. The van der Waals surface area contributed by atoms with Crippen molar-refractivity contribution in [1.29, 1.82) is 0 Å². The lowest BCUT2D eigenvalue weighted by molar-refractivity contribution is -0.126. The first kappa shape index (κ1) is 20.8. The number of methoxy groups -OCH3 is 1. The number of para-hydroxylation sites is 1. The summed E-state index contributed by atoms with van der Waals surface area (Å²) in [7, 11) is 1.58. The Labute approximate surface area is 194 Å². The maximum Gasteiger partial charge on any atom is 0.266 e. The molecule has 2 aliphatic heterocycles. The molecule has 0 radical (unpaired) electrons. The van der Waals surface area contributed by atoms with Gasteiger partial charge in [0.25, 0.3) is 5.91 Å². The van der Waals surface area contributed by atoms with Crippen LogP contribution in [0.2, 0.25) is 10.0 Å². The Morgan fingerprint density at radius 1 is 0.844 bits per heavy atom. The van der Waals surface area contributed by atoms with Crippen molar-refractivity contribution >= 4 is 46.4 Å². The van der Waals surface area contributed by atoms with Gasteiger partial charge in [-0.2, -0.15) is 0 Å². The van der Waals surface area contributed by atoms with Gasteiger partial charge in [-0.3, -0.25) is 14.4 Å². The van der Waals surface area contributed by atoms with Crippen molar-refractivity contribution in [2.24, 2.45) is 5.92 Å². The average Bonchev–Trinajstić information content (AvgIpc) is 3.32. The molecule has 162 valence electrons. The van der Waals surface area contributed by atoms with E-state index in [0.29, 0.717) is 16.5 Å². The van der Waals surface area contributed by atoms with Crippen LogP contribution >= 0.6 is 23.2 Å². The van der Waals surface area contributed by atoms with Crippen LogP contribution in [0, 0.1) is 5.92 Å². The van der Waals surface area contributed by atoms with E-state index in [-0.39, 0.29) is 10.9 Å². The number of ether oxygens (including phenoxy) is 1. The van der Waals surface area contributed by atoms with Gasteiger partial charge in [-0.15, -0.1) is 0 Å². The highest BCUT2D eigenvalue weighted by Crippen LogP contribution is 2.48. The van der Waals surface area contributed by atoms with Crippen LogP contribution in [-0.4, -0.2) is 25.0 Å². The zero-order valence-electron chi connectivity index (χ0n) is 16.9. The second-order valence-electron chi connectivity index (χ2n) is 7.54. The van der Waals surface area contributed by atoms with E-state index in [1.807, 2.05) is 54.6 Å². The molecule has 0 unspecified atom stereocenters. The van der Waals surface area contributed by atoms with Crippen molar-refractivity contribution in [3.8, 4) is 5.75 Å². The third-order valence-corrected chi connectivity index (χ3v) is 6.46. The number of halogens is 2. The number of nitrogens with zero attached hydrogens (tertiary/aromatic N) is 2. The lowest BCUT2D eigenvalue weighted by atomic mass is 9.90. The number of benzene rings is 3. The third kappa shape index (κ3) is 3.32. The fourth-order valence-corrected chi connectivity index (χ4v) is 4.55. The minimum Gasteiger partial charge on any atom is -0.497 e. The molecule has 0 aromatic heterocycles. The predicted octanol–water partition coefficient (Wildman–Crippen LogP) is 5.05. The quantitative estimate of drug-likeness (QED) is 0.501. The van der Waals surface area contributed by atoms with Gasteiger partial charge < -0.3 is 4.74 Å². The van der Waals surface area contributed by atoms with Crippen LogP contribution in [0.15, 0.2) is 72.8 Å². The molecule has 0 saturated carbocycles. The van der Waals surface area contributed by atoms with Crippen LogP contribution < -0.4 is 14.7 Å². The first-order chi connectivity index (χ1) is 15.5. The average molecular weight is 469 g/mol. The van der Waals surface area contributed by atoms with Crippen LogP contribution in [0.1, 0.15) is 11.6 Å². The van der Waals surface area contributed by atoms with E-state index in [9.17, 15) is 9.59 Å². The topological polar surface area (TPSA) is 59.1 Å². The number of hydrogen-bond acceptors (Lipinski definition) is 5. The summed E-state index contributed by atoms with van der Waals surface area (Å²) in [5.41, 5.74) is 1.91. The van der Waals surface area contributed by atoms with Gasteiger partial charge in [0.05, 0.1) is 34.6 Å². The minimum atomic E-state index is -0.964. The number of fused-ring (bicyclic) bond motifs is 1. The van der Waals surface area contributed by atoms with Gasteiger partial charge in [0.2, 0.25) is 5.91 Å². The van der Waals surface area contributed by atoms with Crippen LogP contribution in [0.5, 0.6) is 5.75 Å². The van der Waals surface area contributed by atoms with Crippen LogP contribution in [0.25, 0.3) is 0 Å². The highest BCUT2D eigenvalue weighted by atomic mass is 35.5. The number of hydrogen-bond donors (Lipinski definition) is 0. The molecule has 2 fully saturated rings. The van der Waals surface area contributed by atoms with Gasteiger partial charge in [0.15, 0.2) is 6.10 Å². The van der Waals surface area contributed by atoms with Gasteiger partial charge in [-0.1, -0.05) is 53.5 Å². The highest BCUT2D eigenvalue weighted by Gasteiger charge is 2.60. The Kier molecular flexibility index (Phi) is 5.29. The largest absolute Gasteiger partial charge is 0.497 e. The minimum absolute atomic E-state index is 0.262. The molecule has 0 spiro atoms. The molecule has 5 rings (SSSR count). The molecular formula is C24H18Cl2N2O4. The summed E-state index contributed by atoms with van der Waals surface area (Å²) in [6, 6.07) is 21.0. The summed E-state index contributed by atoms with van der Waals surface area (Å²) < 4.78 is 5.38. The van der Waals surface area contributed by atoms with Gasteiger partial charge in [0.1, 0.15) is 11.7 Å². The summed E-state index contributed by atoms with van der Waals surface area (Å²) in [6.45, 7) is 0. The summed E-state index contributed by atoms with van der Waals surface area (Å²) in [4.78, 5) is 34.2. The van der Waals surface area contributed by atoms with Crippen molar-refractivity contribution < 1.29 is 19.2 Å². The first-order valence-electron chi connectivity index (χ1n) is 9.97. The highest BCUT2D eigenvalue weighted by molar-refractivity contribution is 6.42. The summed E-state index contributed by atoms with van der Waals surface area (Å²) >= 11 is 12.1. The number of carbonyl (C=O) groups excluding carboxylic acids is 2. The number of carbonyl (C=O) groups is 2. The molecule has 3 aromatic carbocycles. The Morgan fingerprint density at radius 2 is 1.62 bits per heavy atom. The van der Waals surface area contributed by atoms with Crippen molar-refractivity contribution in [2.75, 3.05) is 17.1 Å². The molecule has 32 heavy (non-hydrogen) atoms. The molecule has 2 heterocycles. The number of imide groups is 1. The maximum absolute atomic E-state index is 13.6. The number of anilines is 2. The fourth-order valence-electron chi connectivity index (χ4n) is 4.26. The molecule has 2 aliphatic rings. The van der Waals surface area contributed by atoms with Crippen LogP contribution in [-0.2, 0) is 14.4 Å². The normalized spacial score (nSPS) is 22.4. The predicted molar refractivity (Wildman–Crippen MR) is 122 cm³/mol. The Hall–Kier alpha value is -3.06. The van der Waals surface area contributed by atoms with E-state index in [1.165, 1.54) is 6.07 Å². The molecule has 0 aliphatic carbocycles. The Morgan fingerprint density at radius 3 is 2.34 bits per heavy atom. The first-order valence-corrected chi connectivity index (χ1v) is 10.7. The molecule has 6 nitrogen and oxygen atoms in total. The lowest BCUT2D eigenvalue weighted by Crippen LogP contribution is -2.37. The van der Waals surface area contributed by atoms with Gasteiger partial charge in [-0.25, -0.2) is 9.96 Å². The summed E-state index contributed by atoms with van der Waals surface area (Å²) in [5.74, 6) is -0.893. The Balaban J connectivity index is 1.59. The molecule has 3 aromatic rings. The van der Waals surface area contributed by atoms with Gasteiger partial charge in [-0.05, 0) is 48.0 Å². The van der Waals surface area contributed by atoms with Crippen LogP contribution in [0.4, 0.5) is 11.4 Å². The molecular weight excluding hydrogens is 451 g/mol. The van der Waals surface area contributed by atoms with E-state index in [1.54, 1.807) is 24.3 Å². The smallest absolute Gasteiger partial charge is 0.266 e. The van der Waals surface area contributed by atoms with Gasteiger partial charge in [0, 0.05) is 0 Å². The summed E-state index contributed by atoms with van der Waals surface area (Å²) in [6.07, 6.45) is -0.964. The van der Waals surface area contributed by atoms with E-state index in [4.69, 9.17) is 32.8 Å². The van der Waals surface area contributed by atoms with Crippen molar-refractivity contribution in [1.82, 2.24) is 0 Å². The van der Waals surface area contributed by atoms with Crippen molar-refractivity contribution in [3.63, 3.8) is 0 Å².